The highest BCUT2D eigenvalue weighted by Gasteiger charge is 2.33. The van der Waals surface area contributed by atoms with E-state index in [4.69, 9.17) is 11.6 Å². The fourth-order valence-corrected chi connectivity index (χ4v) is 2.96. The first-order chi connectivity index (χ1) is 9.56. The van der Waals surface area contributed by atoms with Gasteiger partial charge in [0.15, 0.2) is 0 Å². The van der Waals surface area contributed by atoms with E-state index in [9.17, 15) is 14.3 Å². The Kier molecular flexibility index (Phi) is 5.00. The molecule has 1 amide bonds. The topological polar surface area (TPSA) is 49.3 Å². The lowest BCUT2D eigenvalue weighted by Crippen LogP contribution is -2.39. The maximum atomic E-state index is 13.6. The standard InChI is InChI=1S/C15H19ClFNO2/c16-12-4-3-5-13(17)11(12)8-14(20)18-9-15(10-19)6-1-2-7-15/h3-5,19H,1-2,6-10H2,(H,18,20). The van der Waals surface area contributed by atoms with Crippen LogP contribution >= 0.6 is 11.6 Å². The Labute approximate surface area is 123 Å². The van der Waals surface area contributed by atoms with Gasteiger partial charge in [-0.2, -0.15) is 0 Å². The van der Waals surface area contributed by atoms with Crippen LogP contribution in [0.1, 0.15) is 31.2 Å². The molecule has 0 unspecified atom stereocenters. The molecule has 1 aliphatic carbocycles. The molecule has 3 nitrogen and oxygen atoms in total. The summed E-state index contributed by atoms with van der Waals surface area (Å²) in [6.07, 6.45) is 3.92. The molecule has 1 fully saturated rings. The Bertz CT molecular complexity index is 467. The van der Waals surface area contributed by atoms with E-state index in [0.717, 1.165) is 25.7 Å². The molecule has 2 rings (SSSR count). The van der Waals surface area contributed by atoms with Gasteiger partial charge in [0.25, 0.3) is 0 Å². The molecule has 0 aromatic heterocycles. The van der Waals surface area contributed by atoms with Crippen molar-refractivity contribution in [2.24, 2.45) is 5.41 Å². The molecule has 1 aromatic carbocycles. The third-order valence-electron chi connectivity index (χ3n) is 4.06. The highest BCUT2D eigenvalue weighted by Crippen LogP contribution is 2.36. The number of rotatable bonds is 5. The number of aliphatic hydroxyl groups excluding tert-OH is 1. The van der Waals surface area contributed by atoms with Crippen molar-refractivity contribution in [2.75, 3.05) is 13.2 Å². The van der Waals surface area contributed by atoms with Crippen molar-refractivity contribution in [3.63, 3.8) is 0 Å². The summed E-state index contributed by atoms with van der Waals surface area (Å²) in [5.74, 6) is -0.734. The molecular weight excluding hydrogens is 281 g/mol. The summed E-state index contributed by atoms with van der Waals surface area (Å²) in [6.45, 7) is 0.516. The number of hydrogen-bond donors (Lipinski definition) is 2. The average molecular weight is 300 g/mol. The van der Waals surface area contributed by atoms with Crippen molar-refractivity contribution in [2.45, 2.75) is 32.1 Å². The SMILES string of the molecule is O=C(Cc1c(F)cccc1Cl)NCC1(CO)CCCC1. The highest BCUT2D eigenvalue weighted by atomic mass is 35.5. The quantitative estimate of drug-likeness (QED) is 0.878. The molecule has 0 heterocycles. The summed E-state index contributed by atoms with van der Waals surface area (Å²) in [7, 11) is 0. The van der Waals surface area contributed by atoms with Crippen LogP contribution in [0.5, 0.6) is 0 Å². The fraction of sp³-hybridized carbons (Fsp3) is 0.533. The fourth-order valence-electron chi connectivity index (χ4n) is 2.73. The van der Waals surface area contributed by atoms with Crippen LogP contribution < -0.4 is 5.32 Å². The minimum Gasteiger partial charge on any atom is -0.396 e. The molecular formula is C15H19ClFNO2. The van der Waals surface area contributed by atoms with Gasteiger partial charge < -0.3 is 10.4 Å². The van der Waals surface area contributed by atoms with Gasteiger partial charge in [-0.05, 0) is 25.0 Å². The van der Waals surface area contributed by atoms with Crippen molar-refractivity contribution < 1.29 is 14.3 Å². The summed E-state index contributed by atoms with van der Waals surface area (Å²) in [4.78, 5) is 11.9. The van der Waals surface area contributed by atoms with Crippen LogP contribution in [0, 0.1) is 11.2 Å². The van der Waals surface area contributed by atoms with E-state index < -0.39 is 5.82 Å². The number of hydrogen-bond acceptors (Lipinski definition) is 2. The van der Waals surface area contributed by atoms with Crippen LogP contribution in [0.25, 0.3) is 0 Å². The summed E-state index contributed by atoms with van der Waals surface area (Å²) in [5, 5.41) is 12.5. The summed E-state index contributed by atoms with van der Waals surface area (Å²) < 4.78 is 13.6. The monoisotopic (exact) mass is 299 g/mol. The van der Waals surface area contributed by atoms with Gasteiger partial charge >= 0.3 is 0 Å². The summed E-state index contributed by atoms with van der Waals surface area (Å²) in [6, 6.07) is 4.37. The molecule has 1 aromatic rings. The zero-order chi connectivity index (χ0) is 14.6. The second kappa shape index (κ2) is 6.55. The number of nitrogens with one attached hydrogen (secondary N) is 1. The Morgan fingerprint density at radius 1 is 1.40 bits per heavy atom. The lowest BCUT2D eigenvalue weighted by molar-refractivity contribution is -0.121. The normalized spacial score (nSPS) is 17.1. The predicted molar refractivity (Wildman–Crippen MR) is 76.1 cm³/mol. The molecule has 0 bridgehead atoms. The minimum atomic E-state index is -0.467. The second-order valence-corrected chi connectivity index (χ2v) is 5.93. The molecule has 1 saturated carbocycles. The third-order valence-corrected chi connectivity index (χ3v) is 4.41. The molecule has 20 heavy (non-hydrogen) atoms. The van der Waals surface area contributed by atoms with Gasteiger partial charge in [0.1, 0.15) is 5.82 Å². The Morgan fingerprint density at radius 3 is 2.70 bits per heavy atom. The lowest BCUT2D eigenvalue weighted by atomic mass is 9.87. The smallest absolute Gasteiger partial charge is 0.224 e. The molecule has 0 atom stereocenters. The number of aliphatic hydroxyl groups is 1. The van der Waals surface area contributed by atoms with Gasteiger partial charge in [-0.15, -0.1) is 0 Å². The number of benzene rings is 1. The van der Waals surface area contributed by atoms with Gasteiger partial charge in [0.2, 0.25) is 5.91 Å². The first-order valence-corrected chi connectivity index (χ1v) is 7.25. The molecule has 2 N–H and O–H groups in total. The second-order valence-electron chi connectivity index (χ2n) is 5.52. The van der Waals surface area contributed by atoms with E-state index in [1.807, 2.05) is 0 Å². The molecule has 0 spiro atoms. The van der Waals surface area contributed by atoms with E-state index in [0.29, 0.717) is 6.54 Å². The Balaban J connectivity index is 1.93. The largest absolute Gasteiger partial charge is 0.396 e. The Morgan fingerprint density at radius 2 is 2.10 bits per heavy atom. The molecule has 5 heteroatoms. The van der Waals surface area contributed by atoms with E-state index in [2.05, 4.69) is 5.32 Å². The maximum Gasteiger partial charge on any atom is 0.224 e. The highest BCUT2D eigenvalue weighted by molar-refractivity contribution is 6.31. The zero-order valence-electron chi connectivity index (χ0n) is 11.3. The first-order valence-electron chi connectivity index (χ1n) is 6.87. The number of halogens is 2. The van der Waals surface area contributed by atoms with E-state index >= 15 is 0 Å². The summed E-state index contributed by atoms with van der Waals surface area (Å²) in [5.41, 5.74) is 0.0189. The van der Waals surface area contributed by atoms with E-state index in [1.54, 1.807) is 6.07 Å². The minimum absolute atomic E-state index is 0.0764. The van der Waals surface area contributed by atoms with Crippen LogP contribution in [0.3, 0.4) is 0 Å². The zero-order valence-corrected chi connectivity index (χ0v) is 12.0. The predicted octanol–water partition coefficient (Wildman–Crippen LogP) is 2.69. The Hall–Kier alpha value is -1.13. The first kappa shape index (κ1) is 15.3. The molecule has 1 aliphatic rings. The number of amides is 1. The van der Waals surface area contributed by atoms with Crippen molar-refractivity contribution in [3.8, 4) is 0 Å². The third kappa shape index (κ3) is 3.49. The molecule has 0 radical (unpaired) electrons. The van der Waals surface area contributed by atoms with Gasteiger partial charge in [-0.1, -0.05) is 30.5 Å². The lowest BCUT2D eigenvalue weighted by Gasteiger charge is -2.26. The van der Waals surface area contributed by atoms with Crippen LogP contribution in [0.15, 0.2) is 18.2 Å². The molecule has 0 aliphatic heterocycles. The van der Waals surface area contributed by atoms with Crippen molar-refractivity contribution in [1.29, 1.82) is 0 Å². The number of carbonyl (C=O) groups excluding carboxylic acids is 1. The molecule has 110 valence electrons. The van der Waals surface area contributed by atoms with E-state index in [1.165, 1.54) is 12.1 Å². The van der Waals surface area contributed by atoms with Crippen LogP contribution in [-0.4, -0.2) is 24.2 Å². The van der Waals surface area contributed by atoms with Gasteiger partial charge in [-0.25, -0.2) is 4.39 Å². The van der Waals surface area contributed by atoms with Crippen LogP contribution in [0.2, 0.25) is 5.02 Å². The van der Waals surface area contributed by atoms with Crippen molar-refractivity contribution >= 4 is 17.5 Å². The molecule has 0 saturated heterocycles. The summed E-state index contributed by atoms with van der Waals surface area (Å²) >= 11 is 5.90. The van der Waals surface area contributed by atoms with Gasteiger partial charge in [-0.3, -0.25) is 4.79 Å². The average Bonchev–Trinajstić information content (AvgIpc) is 2.90. The van der Waals surface area contributed by atoms with Crippen LogP contribution in [0.4, 0.5) is 4.39 Å². The van der Waals surface area contributed by atoms with Gasteiger partial charge in [0.05, 0.1) is 13.0 Å². The van der Waals surface area contributed by atoms with Crippen LogP contribution in [-0.2, 0) is 11.2 Å². The van der Waals surface area contributed by atoms with Gasteiger partial charge in [0, 0.05) is 22.5 Å². The van der Waals surface area contributed by atoms with E-state index in [-0.39, 0.29) is 34.9 Å². The maximum absolute atomic E-state index is 13.6. The van der Waals surface area contributed by atoms with Crippen molar-refractivity contribution in [3.05, 3.63) is 34.6 Å². The van der Waals surface area contributed by atoms with Crippen molar-refractivity contribution in [1.82, 2.24) is 5.32 Å². The number of carbonyl (C=O) groups is 1.